The summed E-state index contributed by atoms with van der Waals surface area (Å²) in [6.45, 7) is 2.37. The molecule has 4 heteroatoms. The van der Waals surface area contributed by atoms with Gasteiger partial charge in [0.15, 0.2) is 0 Å². The number of phenols is 1. The minimum absolute atomic E-state index is 0.240. The van der Waals surface area contributed by atoms with Crippen LogP contribution >= 0.6 is 0 Å². The number of aromatic hydroxyl groups is 1. The average molecular weight is 236 g/mol. The molecule has 1 aliphatic rings. The van der Waals surface area contributed by atoms with Gasteiger partial charge in [0.2, 0.25) is 0 Å². The highest BCUT2D eigenvalue weighted by Crippen LogP contribution is 2.21. The van der Waals surface area contributed by atoms with Crippen LogP contribution < -0.4 is 10.6 Å². The monoisotopic (exact) mass is 236 g/mol. The molecule has 0 radical (unpaired) electrons. The Hall–Kier alpha value is -1.26. The molecule has 1 aromatic carbocycles. The van der Waals surface area contributed by atoms with E-state index in [0.717, 1.165) is 38.0 Å². The van der Waals surface area contributed by atoms with E-state index in [9.17, 15) is 10.2 Å². The molecule has 94 valence electrons. The molecule has 0 bridgehead atoms. The highest BCUT2D eigenvalue weighted by Gasteiger charge is 2.27. The number of aliphatic hydroxyl groups is 1. The second-order valence-electron chi connectivity index (χ2n) is 4.73. The van der Waals surface area contributed by atoms with Gasteiger partial charge in [0, 0.05) is 18.3 Å². The normalized spacial score (nSPS) is 25.2. The topological polar surface area (TPSA) is 64.5 Å². The van der Waals surface area contributed by atoms with Crippen LogP contribution in [0.4, 0.5) is 5.69 Å². The summed E-state index contributed by atoms with van der Waals surface area (Å²) in [5, 5.41) is 26.2. The molecule has 17 heavy (non-hydrogen) atoms. The largest absolute Gasteiger partial charge is 0.508 e. The summed E-state index contributed by atoms with van der Waals surface area (Å²) in [5.74, 6) is 0.240. The average Bonchev–Trinajstić information content (AvgIpc) is 2.53. The van der Waals surface area contributed by atoms with Crippen LogP contribution in [0.15, 0.2) is 24.3 Å². The lowest BCUT2D eigenvalue weighted by Gasteiger charge is -2.27. The molecule has 0 saturated carbocycles. The molecule has 0 aliphatic carbocycles. The lowest BCUT2D eigenvalue weighted by Crippen LogP contribution is -2.37. The Morgan fingerprint density at radius 3 is 3.00 bits per heavy atom. The third kappa shape index (κ3) is 3.61. The zero-order chi connectivity index (χ0) is 12.1. The first-order chi connectivity index (χ1) is 8.18. The maximum atomic E-state index is 10.4. The van der Waals surface area contributed by atoms with Gasteiger partial charge in [0.25, 0.3) is 0 Å². The molecule has 1 unspecified atom stereocenters. The van der Waals surface area contributed by atoms with Gasteiger partial charge in [-0.25, -0.2) is 0 Å². The van der Waals surface area contributed by atoms with Crippen molar-refractivity contribution >= 4 is 5.69 Å². The van der Waals surface area contributed by atoms with Gasteiger partial charge in [-0.3, -0.25) is 0 Å². The maximum Gasteiger partial charge on any atom is 0.117 e. The van der Waals surface area contributed by atoms with Crippen molar-refractivity contribution in [2.45, 2.75) is 24.9 Å². The quantitative estimate of drug-likeness (QED) is 0.639. The summed E-state index contributed by atoms with van der Waals surface area (Å²) >= 11 is 0. The summed E-state index contributed by atoms with van der Waals surface area (Å²) in [4.78, 5) is 0. The summed E-state index contributed by atoms with van der Waals surface area (Å²) < 4.78 is 0. The van der Waals surface area contributed by atoms with Crippen molar-refractivity contribution in [1.29, 1.82) is 0 Å². The van der Waals surface area contributed by atoms with Gasteiger partial charge in [-0.15, -0.1) is 0 Å². The van der Waals surface area contributed by atoms with Gasteiger partial charge in [0.05, 0.1) is 5.60 Å². The molecular weight excluding hydrogens is 216 g/mol. The number of phenolic OH excluding ortho intramolecular Hbond substituents is 1. The van der Waals surface area contributed by atoms with E-state index < -0.39 is 5.60 Å². The zero-order valence-electron chi connectivity index (χ0n) is 9.95. The number of benzene rings is 1. The fraction of sp³-hybridized carbons (Fsp3) is 0.538. The van der Waals surface area contributed by atoms with Gasteiger partial charge >= 0.3 is 0 Å². The molecule has 4 N–H and O–H groups in total. The van der Waals surface area contributed by atoms with Crippen LogP contribution in [0.2, 0.25) is 0 Å². The Bertz CT molecular complexity index is 360. The second kappa shape index (κ2) is 5.38. The first kappa shape index (κ1) is 12.2. The van der Waals surface area contributed by atoms with E-state index in [1.807, 2.05) is 6.07 Å². The molecule has 0 amide bonds. The molecule has 0 aromatic heterocycles. The van der Waals surface area contributed by atoms with Crippen LogP contribution in [0.1, 0.15) is 19.3 Å². The third-order valence-corrected chi connectivity index (χ3v) is 3.23. The highest BCUT2D eigenvalue weighted by atomic mass is 16.3. The zero-order valence-corrected chi connectivity index (χ0v) is 9.95. The summed E-state index contributed by atoms with van der Waals surface area (Å²) in [5.41, 5.74) is 0.199. The van der Waals surface area contributed by atoms with E-state index in [0.29, 0.717) is 6.54 Å². The molecule has 1 aliphatic heterocycles. The van der Waals surface area contributed by atoms with Gasteiger partial charge < -0.3 is 20.8 Å². The van der Waals surface area contributed by atoms with Crippen LogP contribution in [0, 0.1) is 0 Å². The standard InChI is InChI=1S/C13H20N2O2/c16-12-4-1-3-11(9-12)15-10-13(17)5-2-7-14-8-6-13/h1,3-4,9,14-17H,2,5-8,10H2. The molecule has 1 fully saturated rings. The van der Waals surface area contributed by atoms with Crippen molar-refractivity contribution in [2.75, 3.05) is 25.0 Å². The predicted molar refractivity (Wildman–Crippen MR) is 68.3 cm³/mol. The number of hydrogen-bond acceptors (Lipinski definition) is 4. The van der Waals surface area contributed by atoms with Gasteiger partial charge in [-0.1, -0.05) is 6.07 Å². The Morgan fingerprint density at radius 1 is 1.29 bits per heavy atom. The fourth-order valence-electron chi connectivity index (χ4n) is 2.17. The summed E-state index contributed by atoms with van der Waals surface area (Å²) in [6, 6.07) is 6.97. The molecular formula is C13H20N2O2. The number of hydrogen-bond donors (Lipinski definition) is 4. The molecule has 1 atom stereocenters. The Labute approximate surface area is 102 Å². The van der Waals surface area contributed by atoms with Crippen LogP contribution in [0.5, 0.6) is 5.75 Å². The first-order valence-corrected chi connectivity index (χ1v) is 6.14. The molecule has 2 rings (SSSR count). The third-order valence-electron chi connectivity index (χ3n) is 3.23. The smallest absolute Gasteiger partial charge is 0.117 e. The molecule has 1 saturated heterocycles. The van der Waals surface area contributed by atoms with E-state index >= 15 is 0 Å². The van der Waals surface area contributed by atoms with Crippen molar-refractivity contribution < 1.29 is 10.2 Å². The van der Waals surface area contributed by atoms with Crippen LogP contribution in [-0.2, 0) is 0 Å². The van der Waals surface area contributed by atoms with Crippen molar-refractivity contribution in [3.8, 4) is 5.75 Å². The second-order valence-corrected chi connectivity index (χ2v) is 4.73. The Kier molecular flexibility index (Phi) is 3.86. The Morgan fingerprint density at radius 2 is 2.18 bits per heavy atom. The number of rotatable bonds is 3. The molecule has 4 nitrogen and oxygen atoms in total. The van der Waals surface area contributed by atoms with Crippen LogP contribution in [0.25, 0.3) is 0 Å². The van der Waals surface area contributed by atoms with Gasteiger partial charge in [0.1, 0.15) is 5.75 Å². The van der Waals surface area contributed by atoms with Gasteiger partial charge in [-0.05, 0) is 44.5 Å². The lowest BCUT2D eigenvalue weighted by atomic mass is 9.95. The van der Waals surface area contributed by atoms with E-state index in [1.165, 1.54) is 0 Å². The van der Waals surface area contributed by atoms with Crippen LogP contribution in [-0.4, -0.2) is 35.4 Å². The first-order valence-electron chi connectivity index (χ1n) is 6.14. The highest BCUT2D eigenvalue weighted by molar-refractivity contribution is 5.47. The molecule has 1 heterocycles. The van der Waals surface area contributed by atoms with Crippen molar-refractivity contribution in [3.63, 3.8) is 0 Å². The number of nitrogens with one attached hydrogen (secondary N) is 2. The SMILES string of the molecule is Oc1cccc(NCC2(O)CCCNCC2)c1. The van der Waals surface area contributed by atoms with Crippen LogP contribution in [0.3, 0.4) is 0 Å². The number of anilines is 1. The molecule has 0 spiro atoms. The summed E-state index contributed by atoms with van der Waals surface area (Å²) in [6.07, 6.45) is 2.57. The van der Waals surface area contributed by atoms with E-state index in [-0.39, 0.29) is 5.75 Å². The van der Waals surface area contributed by atoms with Crippen molar-refractivity contribution in [2.24, 2.45) is 0 Å². The van der Waals surface area contributed by atoms with Gasteiger partial charge in [-0.2, -0.15) is 0 Å². The minimum atomic E-state index is -0.644. The molecule has 1 aromatic rings. The van der Waals surface area contributed by atoms with E-state index in [1.54, 1.807) is 18.2 Å². The van der Waals surface area contributed by atoms with E-state index in [4.69, 9.17) is 0 Å². The van der Waals surface area contributed by atoms with Crippen molar-refractivity contribution in [1.82, 2.24) is 5.32 Å². The maximum absolute atomic E-state index is 10.4. The summed E-state index contributed by atoms with van der Waals surface area (Å²) in [7, 11) is 0. The minimum Gasteiger partial charge on any atom is -0.508 e. The fourth-order valence-corrected chi connectivity index (χ4v) is 2.17. The Balaban J connectivity index is 1.92. The van der Waals surface area contributed by atoms with Crippen molar-refractivity contribution in [3.05, 3.63) is 24.3 Å². The lowest BCUT2D eigenvalue weighted by molar-refractivity contribution is 0.0414. The predicted octanol–water partition coefficient (Wildman–Crippen LogP) is 1.31. The van der Waals surface area contributed by atoms with E-state index in [2.05, 4.69) is 10.6 Å².